The Bertz CT molecular complexity index is 217. The Kier molecular flexibility index (Phi) is 6.70. The maximum atomic E-state index is 11.6. The van der Waals surface area contributed by atoms with Crippen LogP contribution >= 0.6 is 0 Å². The lowest BCUT2D eigenvalue weighted by atomic mass is 10.2. The molecule has 3 N–H and O–H groups in total. The van der Waals surface area contributed by atoms with Crippen molar-refractivity contribution in [1.82, 2.24) is 4.90 Å². The highest BCUT2D eigenvalue weighted by Crippen LogP contribution is 2.04. The van der Waals surface area contributed by atoms with Gasteiger partial charge >= 0.3 is 5.97 Å². The molecule has 0 radical (unpaired) electrons. The second-order valence-electron chi connectivity index (χ2n) is 3.72. The van der Waals surface area contributed by atoms with E-state index in [2.05, 4.69) is 0 Å². The van der Waals surface area contributed by atoms with Gasteiger partial charge in [-0.3, -0.25) is 9.59 Å². The van der Waals surface area contributed by atoms with Gasteiger partial charge in [0.25, 0.3) is 0 Å². The zero-order chi connectivity index (χ0) is 11.8. The van der Waals surface area contributed by atoms with Crippen LogP contribution in [-0.2, 0) is 9.59 Å². The van der Waals surface area contributed by atoms with E-state index in [-0.39, 0.29) is 24.9 Å². The topological polar surface area (TPSA) is 83.6 Å². The molecule has 0 aromatic carbocycles. The smallest absolute Gasteiger partial charge is 0.305 e. The van der Waals surface area contributed by atoms with Gasteiger partial charge in [0, 0.05) is 19.0 Å². The Morgan fingerprint density at radius 1 is 1.33 bits per heavy atom. The molecule has 0 aromatic rings. The van der Waals surface area contributed by atoms with Crippen LogP contribution in [0.4, 0.5) is 0 Å². The first-order valence-electron chi connectivity index (χ1n) is 5.20. The summed E-state index contributed by atoms with van der Waals surface area (Å²) in [5.74, 6) is -0.899. The number of aliphatic carboxylic acids is 1. The minimum absolute atomic E-state index is 0.00740. The molecular weight excluding hydrogens is 196 g/mol. The monoisotopic (exact) mass is 216 g/mol. The minimum Gasteiger partial charge on any atom is -0.481 e. The van der Waals surface area contributed by atoms with E-state index >= 15 is 0 Å². The van der Waals surface area contributed by atoms with Gasteiger partial charge in [0.05, 0.1) is 6.42 Å². The number of carboxylic acid groups (broad SMARTS) is 1. The third-order valence-electron chi connectivity index (χ3n) is 2.11. The number of nitrogens with zero attached hydrogens (tertiary/aromatic N) is 1. The third kappa shape index (κ3) is 6.06. The SMILES string of the molecule is CC(C)N(CCC(=O)O)C(=O)CCCN. The second-order valence-corrected chi connectivity index (χ2v) is 3.72. The predicted octanol–water partition coefficient (Wildman–Crippen LogP) is 0.437. The van der Waals surface area contributed by atoms with Crippen molar-refractivity contribution in [2.45, 2.75) is 39.2 Å². The molecule has 0 saturated carbocycles. The first-order valence-corrected chi connectivity index (χ1v) is 5.20. The van der Waals surface area contributed by atoms with E-state index in [4.69, 9.17) is 10.8 Å². The number of amides is 1. The molecule has 88 valence electrons. The Morgan fingerprint density at radius 3 is 2.33 bits per heavy atom. The zero-order valence-electron chi connectivity index (χ0n) is 9.40. The van der Waals surface area contributed by atoms with Crippen LogP contribution in [0.5, 0.6) is 0 Å². The van der Waals surface area contributed by atoms with Crippen LogP contribution in [0.2, 0.25) is 0 Å². The van der Waals surface area contributed by atoms with Gasteiger partial charge < -0.3 is 15.7 Å². The first-order chi connectivity index (χ1) is 6.99. The zero-order valence-corrected chi connectivity index (χ0v) is 9.40. The third-order valence-corrected chi connectivity index (χ3v) is 2.11. The van der Waals surface area contributed by atoms with Gasteiger partial charge in [-0.2, -0.15) is 0 Å². The van der Waals surface area contributed by atoms with Gasteiger partial charge in [-0.05, 0) is 26.8 Å². The average molecular weight is 216 g/mol. The lowest BCUT2D eigenvalue weighted by molar-refractivity contribution is -0.139. The molecule has 0 unspecified atom stereocenters. The van der Waals surface area contributed by atoms with E-state index in [1.165, 1.54) is 0 Å². The molecule has 0 spiro atoms. The van der Waals surface area contributed by atoms with E-state index in [1.54, 1.807) is 4.90 Å². The van der Waals surface area contributed by atoms with E-state index in [0.717, 1.165) is 0 Å². The molecule has 0 aliphatic carbocycles. The van der Waals surface area contributed by atoms with Crippen LogP contribution in [0.15, 0.2) is 0 Å². The Balaban J connectivity index is 4.13. The number of rotatable bonds is 7. The Labute approximate surface area is 90.2 Å². The summed E-state index contributed by atoms with van der Waals surface area (Å²) >= 11 is 0. The standard InChI is InChI=1S/C10H20N2O3/c1-8(2)12(7-5-10(14)15)9(13)4-3-6-11/h8H,3-7,11H2,1-2H3,(H,14,15). The number of carbonyl (C=O) groups excluding carboxylic acids is 1. The highest BCUT2D eigenvalue weighted by atomic mass is 16.4. The number of nitrogens with two attached hydrogens (primary N) is 1. The highest BCUT2D eigenvalue weighted by molar-refractivity contribution is 5.77. The van der Waals surface area contributed by atoms with Crippen molar-refractivity contribution >= 4 is 11.9 Å². The van der Waals surface area contributed by atoms with Gasteiger partial charge in [-0.15, -0.1) is 0 Å². The molecule has 0 bridgehead atoms. The maximum Gasteiger partial charge on any atom is 0.305 e. The molecule has 15 heavy (non-hydrogen) atoms. The normalized spacial score (nSPS) is 10.4. The predicted molar refractivity (Wildman–Crippen MR) is 57.4 cm³/mol. The van der Waals surface area contributed by atoms with Crippen molar-refractivity contribution in [3.05, 3.63) is 0 Å². The number of hydrogen-bond donors (Lipinski definition) is 2. The quantitative estimate of drug-likeness (QED) is 0.646. The van der Waals surface area contributed by atoms with Crippen molar-refractivity contribution in [3.8, 4) is 0 Å². The molecule has 0 aliphatic heterocycles. The van der Waals surface area contributed by atoms with E-state index in [1.807, 2.05) is 13.8 Å². The fraction of sp³-hybridized carbons (Fsp3) is 0.800. The van der Waals surface area contributed by atoms with Crippen molar-refractivity contribution < 1.29 is 14.7 Å². The van der Waals surface area contributed by atoms with Crippen molar-refractivity contribution in [1.29, 1.82) is 0 Å². The molecule has 1 amide bonds. The van der Waals surface area contributed by atoms with Crippen LogP contribution < -0.4 is 5.73 Å². The number of carbonyl (C=O) groups is 2. The summed E-state index contributed by atoms with van der Waals surface area (Å²) in [6.45, 7) is 4.51. The largest absolute Gasteiger partial charge is 0.481 e. The molecule has 0 aliphatic rings. The van der Waals surface area contributed by atoms with Gasteiger partial charge in [0.2, 0.25) is 5.91 Å². The Hall–Kier alpha value is -1.10. The molecule has 0 fully saturated rings. The molecule has 5 heteroatoms. The summed E-state index contributed by atoms with van der Waals surface area (Å²) in [7, 11) is 0. The summed E-state index contributed by atoms with van der Waals surface area (Å²) in [5, 5.41) is 8.54. The molecular formula is C10H20N2O3. The van der Waals surface area contributed by atoms with Crippen LogP contribution in [-0.4, -0.2) is 41.0 Å². The van der Waals surface area contributed by atoms with Gasteiger partial charge in [-0.25, -0.2) is 0 Å². The van der Waals surface area contributed by atoms with Crippen molar-refractivity contribution in [3.63, 3.8) is 0 Å². The van der Waals surface area contributed by atoms with Gasteiger partial charge in [0.15, 0.2) is 0 Å². The minimum atomic E-state index is -0.882. The van der Waals surface area contributed by atoms with Crippen LogP contribution in [0.3, 0.4) is 0 Å². The maximum absolute atomic E-state index is 11.6. The van der Waals surface area contributed by atoms with Crippen LogP contribution in [0.25, 0.3) is 0 Å². The lowest BCUT2D eigenvalue weighted by Gasteiger charge is -2.26. The van der Waals surface area contributed by atoms with Gasteiger partial charge in [0.1, 0.15) is 0 Å². The molecule has 0 rings (SSSR count). The fourth-order valence-corrected chi connectivity index (χ4v) is 1.28. The lowest BCUT2D eigenvalue weighted by Crippen LogP contribution is -2.38. The molecule has 0 saturated heterocycles. The molecule has 0 atom stereocenters. The summed E-state index contributed by atoms with van der Waals surface area (Å²) in [6, 6.07) is 0.0367. The first kappa shape index (κ1) is 13.9. The molecule has 0 aromatic heterocycles. The Morgan fingerprint density at radius 2 is 1.93 bits per heavy atom. The average Bonchev–Trinajstić information content (AvgIpc) is 2.13. The highest BCUT2D eigenvalue weighted by Gasteiger charge is 2.16. The van der Waals surface area contributed by atoms with E-state index < -0.39 is 5.97 Å². The second kappa shape index (κ2) is 7.23. The number of hydrogen-bond acceptors (Lipinski definition) is 3. The summed E-state index contributed by atoms with van der Waals surface area (Å²) in [6.07, 6.45) is 1.04. The van der Waals surface area contributed by atoms with Crippen molar-refractivity contribution in [2.24, 2.45) is 5.73 Å². The summed E-state index contributed by atoms with van der Waals surface area (Å²) in [5.41, 5.74) is 5.31. The van der Waals surface area contributed by atoms with Gasteiger partial charge in [-0.1, -0.05) is 0 Å². The van der Waals surface area contributed by atoms with E-state index in [0.29, 0.717) is 19.4 Å². The van der Waals surface area contributed by atoms with Crippen LogP contribution in [0.1, 0.15) is 33.1 Å². The molecule has 5 nitrogen and oxygen atoms in total. The van der Waals surface area contributed by atoms with E-state index in [9.17, 15) is 9.59 Å². The molecule has 0 heterocycles. The summed E-state index contributed by atoms with van der Waals surface area (Å²) in [4.78, 5) is 23.6. The van der Waals surface area contributed by atoms with Crippen LogP contribution in [0, 0.1) is 0 Å². The number of carboxylic acids is 1. The summed E-state index contributed by atoms with van der Waals surface area (Å²) < 4.78 is 0. The van der Waals surface area contributed by atoms with Crippen molar-refractivity contribution in [2.75, 3.05) is 13.1 Å². The fourth-order valence-electron chi connectivity index (χ4n) is 1.28.